The Bertz CT molecular complexity index is 1040. The number of hydrogen-bond donors (Lipinski definition) is 0. The predicted molar refractivity (Wildman–Crippen MR) is 110 cm³/mol. The van der Waals surface area contributed by atoms with E-state index in [0.717, 1.165) is 5.56 Å². The zero-order chi connectivity index (χ0) is 20.4. The van der Waals surface area contributed by atoms with Crippen molar-refractivity contribution in [1.29, 1.82) is 0 Å². The van der Waals surface area contributed by atoms with Gasteiger partial charge in [-0.15, -0.1) is 0 Å². The maximum Gasteiger partial charge on any atom is 0.332 e. The second-order valence-corrected chi connectivity index (χ2v) is 7.30. The Balaban J connectivity index is 1.64. The van der Waals surface area contributed by atoms with E-state index >= 15 is 0 Å². The molecule has 3 amide bonds. The van der Waals surface area contributed by atoms with Crippen LogP contribution in [0.1, 0.15) is 19.4 Å². The van der Waals surface area contributed by atoms with Gasteiger partial charge in [0.2, 0.25) is 0 Å². The minimum absolute atomic E-state index is 0.247. The molecule has 29 heavy (non-hydrogen) atoms. The molecule has 2 aromatic carbocycles. The van der Waals surface area contributed by atoms with Crippen LogP contribution in [-0.2, 0) is 11.3 Å². The van der Waals surface area contributed by atoms with Gasteiger partial charge in [0.15, 0.2) is 0 Å². The first-order valence-corrected chi connectivity index (χ1v) is 9.35. The molecule has 1 aromatic heterocycles. The van der Waals surface area contributed by atoms with E-state index in [1.54, 1.807) is 37.1 Å². The Kier molecular flexibility index (Phi) is 4.76. The molecule has 6 nitrogen and oxygen atoms in total. The molecule has 1 aliphatic heterocycles. The van der Waals surface area contributed by atoms with Crippen LogP contribution in [0, 0.1) is 0 Å². The predicted octanol–water partition coefficient (Wildman–Crippen LogP) is 4.62. The van der Waals surface area contributed by atoms with Crippen LogP contribution in [0.5, 0.6) is 11.5 Å². The third kappa shape index (κ3) is 3.45. The van der Waals surface area contributed by atoms with E-state index in [4.69, 9.17) is 4.74 Å². The van der Waals surface area contributed by atoms with Crippen LogP contribution in [-0.4, -0.2) is 27.4 Å². The van der Waals surface area contributed by atoms with Gasteiger partial charge >= 0.3 is 6.03 Å². The molecular formula is C23H21N3O3. The topological polar surface area (TPSA) is 62.7 Å². The van der Waals surface area contributed by atoms with Crippen LogP contribution in [0.2, 0.25) is 0 Å². The van der Waals surface area contributed by atoms with E-state index < -0.39 is 5.54 Å². The molecule has 4 rings (SSSR count). The van der Waals surface area contributed by atoms with Crippen molar-refractivity contribution >= 4 is 17.6 Å². The monoisotopic (exact) mass is 387 g/mol. The number of nitrogens with zero attached hydrogens (tertiary/aromatic N) is 3. The average molecular weight is 387 g/mol. The molecule has 0 radical (unpaired) electrons. The van der Waals surface area contributed by atoms with Crippen LogP contribution in [0.3, 0.4) is 0 Å². The van der Waals surface area contributed by atoms with Crippen LogP contribution < -0.4 is 9.64 Å². The molecule has 1 aliphatic rings. The smallest absolute Gasteiger partial charge is 0.332 e. The lowest BCUT2D eigenvalue weighted by Gasteiger charge is -2.28. The molecule has 0 aliphatic carbocycles. The molecule has 0 bridgehead atoms. The molecule has 1 fully saturated rings. The Labute approximate surface area is 169 Å². The summed E-state index contributed by atoms with van der Waals surface area (Å²) in [6, 6.07) is 20.0. The normalized spacial score (nSPS) is 15.7. The van der Waals surface area contributed by atoms with Crippen molar-refractivity contribution in [2.75, 3.05) is 4.90 Å². The Morgan fingerprint density at radius 2 is 1.66 bits per heavy atom. The van der Waals surface area contributed by atoms with Crippen molar-refractivity contribution in [3.63, 3.8) is 0 Å². The van der Waals surface area contributed by atoms with Crippen molar-refractivity contribution < 1.29 is 14.3 Å². The number of para-hydroxylation sites is 2. The van der Waals surface area contributed by atoms with Gasteiger partial charge in [-0.2, -0.15) is 0 Å². The van der Waals surface area contributed by atoms with Gasteiger partial charge in [0, 0.05) is 11.8 Å². The summed E-state index contributed by atoms with van der Waals surface area (Å²) in [5, 5.41) is 0. The van der Waals surface area contributed by atoms with E-state index in [1.807, 2.05) is 54.6 Å². The standard InChI is InChI=1S/C23H21N3O3/c1-23(2)21(27)26(18-10-8-14-24-15-18)22(28)25(23)16-17-9-6-7-13-20(17)29-19-11-4-3-5-12-19/h3-15H,16H2,1-2H3. The summed E-state index contributed by atoms with van der Waals surface area (Å²) in [6.07, 6.45) is 3.12. The number of hydrogen-bond acceptors (Lipinski definition) is 4. The SMILES string of the molecule is CC1(C)C(=O)N(c2cccnc2)C(=O)N1Cc1ccccc1Oc1ccccc1. The van der Waals surface area contributed by atoms with Crippen molar-refractivity contribution in [3.05, 3.63) is 84.7 Å². The molecule has 0 N–H and O–H groups in total. The number of anilines is 1. The summed E-state index contributed by atoms with van der Waals surface area (Å²) in [5.74, 6) is 1.08. The van der Waals surface area contributed by atoms with Gasteiger partial charge in [-0.25, -0.2) is 9.69 Å². The molecule has 0 spiro atoms. The quantitative estimate of drug-likeness (QED) is 0.599. The third-order valence-electron chi connectivity index (χ3n) is 5.00. The van der Waals surface area contributed by atoms with Crippen molar-refractivity contribution in [2.24, 2.45) is 0 Å². The summed E-state index contributed by atoms with van der Waals surface area (Å²) in [7, 11) is 0. The van der Waals surface area contributed by atoms with E-state index in [9.17, 15) is 9.59 Å². The number of aromatic nitrogens is 1. The third-order valence-corrected chi connectivity index (χ3v) is 5.00. The van der Waals surface area contributed by atoms with Crippen LogP contribution >= 0.6 is 0 Å². The molecule has 2 heterocycles. The molecule has 0 unspecified atom stereocenters. The van der Waals surface area contributed by atoms with Crippen molar-refractivity contribution in [2.45, 2.75) is 25.9 Å². The zero-order valence-corrected chi connectivity index (χ0v) is 16.3. The van der Waals surface area contributed by atoms with Gasteiger partial charge in [0.05, 0.1) is 18.4 Å². The molecule has 0 saturated carbocycles. The first-order chi connectivity index (χ1) is 14.0. The lowest BCUT2D eigenvalue weighted by Crippen LogP contribution is -2.43. The number of benzene rings is 2. The lowest BCUT2D eigenvalue weighted by atomic mass is 10.0. The van der Waals surface area contributed by atoms with E-state index in [-0.39, 0.29) is 18.5 Å². The summed E-state index contributed by atoms with van der Waals surface area (Å²) in [4.78, 5) is 33.0. The highest BCUT2D eigenvalue weighted by Crippen LogP contribution is 2.35. The number of carbonyl (C=O) groups excluding carboxylic acids is 2. The fourth-order valence-electron chi connectivity index (χ4n) is 3.33. The molecular weight excluding hydrogens is 366 g/mol. The second kappa shape index (κ2) is 7.39. The Morgan fingerprint density at radius 1 is 0.931 bits per heavy atom. The van der Waals surface area contributed by atoms with Crippen LogP contribution in [0.15, 0.2) is 79.1 Å². The van der Waals surface area contributed by atoms with Gasteiger partial charge in [0.25, 0.3) is 5.91 Å². The number of amides is 3. The highest BCUT2D eigenvalue weighted by Gasteiger charge is 2.52. The van der Waals surface area contributed by atoms with Gasteiger partial charge in [0.1, 0.15) is 17.0 Å². The summed E-state index contributed by atoms with van der Waals surface area (Å²) in [6.45, 7) is 3.76. The largest absolute Gasteiger partial charge is 0.457 e. The number of ether oxygens (including phenoxy) is 1. The first kappa shape index (κ1) is 18.7. The number of pyridine rings is 1. The fraction of sp³-hybridized carbons (Fsp3) is 0.174. The number of imide groups is 1. The van der Waals surface area contributed by atoms with Gasteiger partial charge in [-0.05, 0) is 44.2 Å². The van der Waals surface area contributed by atoms with Crippen molar-refractivity contribution in [1.82, 2.24) is 9.88 Å². The first-order valence-electron chi connectivity index (χ1n) is 9.35. The van der Waals surface area contributed by atoms with Gasteiger partial charge < -0.3 is 9.64 Å². The molecule has 6 heteroatoms. The molecule has 3 aromatic rings. The van der Waals surface area contributed by atoms with E-state index in [0.29, 0.717) is 17.2 Å². The zero-order valence-electron chi connectivity index (χ0n) is 16.3. The number of urea groups is 1. The maximum atomic E-state index is 13.2. The van der Waals surface area contributed by atoms with Crippen LogP contribution in [0.4, 0.5) is 10.5 Å². The number of rotatable bonds is 5. The van der Waals surface area contributed by atoms with Crippen molar-refractivity contribution in [3.8, 4) is 11.5 Å². The Morgan fingerprint density at radius 3 is 2.38 bits per heavy atom. The average Bonchev–Trinajstić information content (AvgIpc) is 2.90. The molecule has 146 valence electrons. The number of carbonyl (C=O) groups is 2. The maximum absolute atomic E-state index is 13.2. The van der Waals surface area contributed by atoms with E-state index in [1.165, 1.54) is 11.1 Å². The minimum Gasteiger partial charge on any atom is -0.457 e. The van der Waals surface area contributed by atoms with Gasteiger partial charge in [-0.3, -0.25) is 9.78 Å². The summed E-state index contributed by atoms with van der Waals surface area (Å²) < 4.78 is 6.02. The second-order valence-electron chi connectivity index (χ2n) is 7.30. The van der Waals surface area contributed by atoms with E-state index in [2.05, 4.69) is 4.98 Å². The highest BCUT2D eigenvalue weighted by atomic mass is 16.5. The summed E-state index contributed by atoms with van der Waals surface area (Å²) >= 11 is 0. The lowest BCUT2D eigenvalue weighted by molar-refractivity contribution is -0.123. The summed E-state index contributed by atoms with van der Waals surface area (Å²) in [5.41, 5.74) is 0.290. The molecule has 1 saturated heterocycles. The van der Waals surface area contributed by atoms with Gasteiger partial charge in [-0.1, -0.05) is 36.4 Å². The molecule has 0 atom stereocenters. The van der Waals surface area contributed by atoms with Crippen LogP contribution in [0.25, 0.3) is 0 Å². The minimum atomic E-state index is -0.993. The fourth-order valence-corrected chi connectivity index (χ4v) is 3.33. The Hall–Kier alpha value is -3.67. The highest BCUT2D eigenvalue weighted by molar-refractivity contribution is 6.22.